The van der Waals surface area contributed by atoms with E-state index in [9.17, 15) is 4.79 Å². The van der Waals surface area contributed by atoms with E-state index in [1.165, 1.54) is 0 Å². The van der Waals surface area contributed by atoms with Crippen molar-refractivity contribution in [2.45, 2.75) is 58.8 Å². The van der Waals surface area contributed by atoms with E-state index in [1.54, 1.807) is 0 Å². The van der Waals surface area contributed by atoms with Crippen molar-refractivity contribution in [3.63, 3.8) is 0 Å². The minimum Gasteiger partial charge on any atom is -0.298 e. The zero-order chi connectivity index (χ0) is 13.1. The molecule has 0 rings (SSSR count). The normalized spacial score (nSPS) is 11.5. The van der Waals surface area contributed by atoms with E-state index in [-0.39, 0.29) is 11.7 Å². The standard InChI is InChI=1S/C15H23ClO/c1-4-6-8-10-15(17)14(9-7-5-2)12-11-13(3)16/h14H,3-10H2,1-2H3. The van der Waals surface area contributed by atoms with Crippen molar-refractivity contribution < 1.29 is 4.79 Å². The minimum atomic E-state index is -0.151. The van der Waals surface area contributed by atoms with Gasteiger partial charge in [0.05, 0.1) is 11.0 Å². The van der Waals surface area contributed by atoms with E-state index >= 15 is 0 Å². The number of carbonyl (C=O) groups excluding carboxylic acids is 1. The third-order valence-electron chi connectivity index (χ3n) is 2.64. The lowest BCUT2D eigenvalue weighted by molar-refractivity contribution is -0.121. The summed E-state index contributed by atoms with van der Waals surface area (Å²) in [4.78, 5) is 12.0. The molecule has 0 heterocycles. The Bertz CT molecular complexity index is 296. The first-order chi connectivity index (χ1) is 8.11. The molecule has 0 bridgehead atoms. The molecule has 96 valence electrons. The molecule has 1 atom stereocenters. The minimum absolute atomic E-state index is 0.151. The Hall–Kier alpha value is -0.740. The summed E-state index contributed by atoms with van der Waals surface area (Å²) in [6.45, 7) is 7.78. The molecule has 1 unspecified atom stereocenters. The van der Waals surface area contributed by atoms with Gasteiger partial charge in [0.2, 0.25) is 0 Å². The lowest BCUT2D eigenvalue weighted by Crippen LogP contribution is -2.12. The topological polar surface area (TPSA) is 17.1 Å². The fraction of sp³-hybridized carbons (Fsp3) is 0.667. The highest BCUT2D eigenvalue weighted by molar-refractivity contribution is 6.31. The summed E-state index contributed by atoms with van der Waals surface area (Å²) in [5, 5.41) is 0.313. The summed E-state index contributed by atoms with van der Waals surface area (Å²) in [6, 6.07) is 0. The predicted octanol–water partition coefficient (Wildman–Crippen LogP) is 4.70. The van der Waals surface area contributed by atoms with Crippen molar-refractivity contribution in [1.82, 2.24) is 0 Å². The van der Waals surface area contributed by atoms with Crippen LogP contribution in [0.25, 0.3) is 0 Å². The molecule has 0 aromatic carbocycles. The van der Waals surface area contributed by atoms with E-state index in [4.69, 9.17) is 11.6 Å². The predicted molar refractivity (Wildman–Crippen MR) is 74.9 cm³/mol. The Labute approximate surface area is 111 Å². The molecular formula is C15H23ClO. The molecule has 0 aromatic rings. The Morgan fingerprint density at radius 1 is 1.24 bits per heavy atom. The van der Waals surface area contributed by atoms with Gasteiger partial charge in [0.1, 0.15) is 5.78 Å². The summed E-state index contributed by atoms with van der Waals surface area (Å²) >= 11 is 5.61. The number of Topliss-reactive ketones (excluding diaryl/α,β-unsaturated/α-hetero) is 1. The molecule has 0 fully saturated rings. The lowest BCUT2D eigenvalue weighted by Gasteiger charge is -2.08. The Kier molecular flexibility index (Phi) is 9.96. The fourth-order valence-corrected chi connectivity index (χ4v) is 1.67. The van der Waals surface area contributed by atoms with Crippen molar-refractivity contribution in [3.05, 3.63) is 11.6 Å². The SMILES string of the molecule is C=C(Cl)C#CC(CCCC)C(=O)CCCCC. The van der Waals surface area contributed by atoms with Gasteiger partial charge < -0.3 is 0 Å². The van der Waals surface area contributed by atoms with Crippen LogP contribution in [0.5, 0.6) is 0 Å². The highest BCUT2D eigenvalue weighted by Crippen LogP contribution is 2.14. The van der Waals surface area contributed by atoms with E-state index in [2.05, 4.69) is 32.3 Å². The van der Waals surface area contributed by atoms with Gasteiger partial charge in [-0.25, -0.2) is 0 Å². The van der Waals surface area contributed by atoms with Crippen LogP contribution in [0, 0.1) is 17.8 Å². The maximum absolute atomic E-state index is 12.0. The van der Waals surface area contributed by atoms with E-state index in [1.807, 2.05) is 0 Å². The molecule has 0 amide bonds. The zero-order valence-electron chi connectivity index (χ0n) is 11.0. The van der Waals surface area contributed by atoms with Crippen LogP contribution >= 0.6 is 11.6 Å². The summed E-state index contributed by atoms with van der Waals surface area (Å²) in [7, 11) is 0. The molecule has 1 nitrogen and oxygen atoms in total. The van der Waals surface area contributed by atoms with Crippen molar-refractivity contribution in [2.75, 3.05) is 0 Å². The molecule has 17 heavy (non-hydrogen) atoms. The van der Waals surface area contributed by atoms with Crippen LogP contribution in [0.3, 0.4) is 0 Å². The second-order valence-electron chi connectivity index (χ2n) is 4.29. The molecule has 2 heteroatoms. The summed E-state index contributed by atoms with van der Waals surface area (Å²) in [5.74, 6) is 5.79. The van der Waals surface area contributed by atoms with Gasteiger partial charge in [0, 0.05) is 6.42 Å². The molecule has 0 saturated heterocycles. The van der Waals surface area contributed by atoms with Gasteiger partial charge in [0.15, 0.2) is 0 Å². The number of allylic oxidation sites excluding steroid dienone is 1. The highest BCUT2D eigenvalue weighted by Gasteiger charge is 2.14. The van der Waals surface area contributed by atoms with E-state index < -0.39 is 0 Å². The van der Waals surface area contributed by atoms with Crippen molar-refractivity contribution >= 4 is 17.4 Å². The number of rotatable bonds is 8. The highest BCUT2D eigenvalue weighted by atomic mass is 35.5. The maximum atomic E-state index is 12.0. The summed E-state index contributed by atoms with van der Waals surface area (Å²) < 4.78 is 0. The van der Waals surface area contributed by atoms with Crippen LogP contribution in [-0.2, 0) is 4.79 Å². The largest absolute Gasteiger partial charge is 0.298 e. The first-order valence-electron chi connectivity index (χ1n) is 6.50. The van der Waals surface area contributed by atoms with Gasteiger partial charge >= 0.3 is 0 Å². The Morgan fingerprint density at radius 2 is 1.88 bits per heavy atom. The number of halogens is 1. The molecular weight excluding hydrogens is 232 g/mol. The number of hydrogen-bond acceptors (Lipinski definition) is 1. The molecule has 0 radical (unpaired) electrons. The summed E-state index contributed by atoms with van der Waals surface area (Å²) in [6.07, 6.45) is 6.83. The van der Waals surface area contributed by atoms with Crippen LogP contribution in [0.15, 0.2) is 11.6 Å². The van der Waals surface area contributed by atoms with Gasteiger partial charge in [-0.2, -0.15) is 0 Å². The number of unbranched alkanes of at least 4 members (excludes halogenated alkanes) is 3. The lowest BCUT2D eigenvalue weighted by atomic mass is 9.94. The van der Waals surface area contributed by atoms with E-state index in [0.29, 0.717) is 11.5 Å². The third kappa shape index (κ3) is 9.01. The third-order valence-corrected chi connectivity index (χ3v) is 2.74. The quantitative estimate of drug-likeness (QED) is 0.453. The molecule has 0 aliphatic carbocycles. The average Bonchev–Trinajstić information content (AvgIpc) is 2.29. The van der Waals surface area contributed by atoms with Gasteiger partial charge in [0.25, 0.3) is 0 Å². The van der Waals surface area contributed by atoms with Crippen molar-refractivity contribution in [1.29, 1.82) is 0 Å². The summed E-state index contributed by atoms with van der Waals surface area (Å²) in [5.41, 5.74) is 0. The average molecular weight is 255 g/mol. The number of hydrogen-bond donors (Lipinski definition) is 0. The van der Waals surface area contributed by atoms with Crippen LogP contribution in [0.4, 0.5) is 0 Å². The van der Waals surface area contributed by atoms with Gasteiger partial charge in [-0.05, 0) is 12.8 Å². The van der Waals surface area contributed by atoms with Crippen LogP contribution in [0.2, 0.25) is 0 Å². The van der Waals surface area contributed by atoms with Gasteiger partial charge in [-0.15, -0.1) is 0 Å². The van der Waals surface area contributed by atoms with E-state index in [0.717, 1.165) is 38.5 Å². The first-order valence-corrected chi connectivity index (χ1v) is 6.88. The molecule has 0 saturated carbocycles. The maximum Gasteiger partial charge on any atom is 0.147 e. The zero-order valence-corrected chi connectivity index (χ0v) is 11.8. The number of ketones is 1. The smallest absolute Gasteiger partial charge is 0.147 e. The second-order valence-corrected chi connectivity index (χ2v) is 4.75. The van der Waals surface area contributed by atoms with Crippen molar-refractivity contribution in [2.24, 2.45) is 5.92 Å². The van der Waals surface area contributed by atoms with Crippen LogP contribution < -0.4 is 0 Å². The fourth-order valence-electron chi connectivity index (χ4n) is 1.61. The number of carbonyl (C=O) groups is 1. The van der Waals surface area contributed by atoms with Crippen molar-refractivity contribution in [3.8, 4) is 11.8 Å². The first kappa shape index (κ1) is 16.3. The molecule has 0 spiro atoms. The van der Waals surface area contributed by atoms with Crippen LogP contribution in [-0.4, -0.2) is 5.78 Å². The second kappa shape index (κ2) is 10.4. The monoisotopic (exact) mass is 254 g/mol. The Morgan fingerprint density at radius 3 is 2.41 bits per heavy atom. The van der Waals surface area contributed by atoms with Gasteiger partial charge in [-0.1, -0.05) is 69.6 Å². The molecule has 0 aliphatic rings. The molecule has 0 aliphatic heterocycles. The molecule has 0 N–H and O–H groups in total. The Balaban J connectivity index is 4.31. The van der Waals surface area contributed by atoms with Crippen LogP contribution in [0.1, 0.15) is 58.8 Å². The van der Waals surface area contributed by atoms with Gasteiger partial charge in [-0.3, -0.25) is 4.79 Å². The molecule has 0 aromatic heterocycles.